The van der Waals surface area contributed by atoms with Crippen molar-refractivity contribution in [2.45, 2.75) is 71.3 Å². The lowest BCUT2D eigenvalue weighted by Gasteiger charge is -2.42. The number of methoxy groups -OCH3 is 1. The van der Waals surface area contributed by atoms with Crippen molar-refractivity contribution in [1.82, 2.24) is 19.5 Å². The molecule has 2 aromatic heterocycles. The van der Waals surface area contributed by atoms with E-state index in [2.05, 4.69) is 51.5 Å². The highest BCUT2D eigenvalue weighted by atomic mass is 28.4. The van der Waals surface area contributed by atoms with E-state index in [0.29, 0.717) is 41.0 Å². The predicted molar refractivity (Wildman–Crippen MR) is 141 cm³/mol. The number of rotatable bonds is 11. The van der Waals surface area contributed by atoms with Crippen molar-refractivity contribution in [3.05, 3.63) is 48.2 Å². The molecule has 0 bridgehead atoms. The third kappa shape index (κ3) is 5.63. The van der Waals surface area contributed by atoms with Crippen molar-refractivity contribution in [3.8, 4) is 22.6 Å². The van der Waals surface area contributed by atoms with Crippen LogP contribution in [-0.2, 0) is 22.3 Å². The summed E-state index contributed by atoms with van der Waals surface area (Å²) in [7, 11) is -0.370. The first kappa shape index (κ1) is 27.0. The Morgan fingerprint density at radius 1 is 0.971 bits per heavy atom. The highest BCUT2D eigenvalue weighted by molar-refractivity contribution is 6.77. The van der Waals surface area contributed by atoms with Crippen LogP contribution >= 0.6 is 0 Å². The van der Waals surface area contributed by atoms with Crippen LogP contribution in [0.3, 0.4) is 0 Å². The Morgan fingerprint density at radius 3 is 2.14 bits per heavy atom. The number of nitrogen functional groups attached to an aromatic ring is 1. The van der Waals surface area contributed by atoms with Crippen LogP contribution in [0.2, 0.25) is 16.6 Å². The smallest absolute Gasteiger partial charge is 0.220 e. The van der Waals surface area contributed by atoms with Gasteiger partial charge < -0.3 is 19.5 Å². The van der Waals surface area contributed by atoms with Gasteiger partial charge in [0, 0.05) is 31.9 Å². The SMILES string of the molecule is COCn1c(CCO[Si](C(C)C)(C(C)C)C(C)C)nc(-c2ccc(F)cc2)c1-c1ccnc(N)n1. The van der Waals surface area contributed by atoms with Gasteiger partial charge in [-0.3, -0.25) is 0 Å². The van der Waals surface area contributed by atoms with Gasteiger partial charge in [0.25, 0.3) is 0 Å². The van der Waals surface area contributed by atoms with Crippen LogP contribution in [0.15, 0.2) is 36.5 Å². The van der Waals surface area contributed by atoms with Crippen molar-refractivity contribution < 1.29 is 13.6 Å². The van der Waals surface area contributed by atoms with Crippen LogP contribution in [0.1, 0.15) is 47.4 Å². The summed E-state index contributed by atoms with van der Waals surface area (Å²) in [5, 5.41) is 0. The van der Waals surface area contributed by atoms with Gasteiger partial charge in [0.1, 0.15) is 18.4 Å². The van der Waals surface area contributed by atoms with Crippen LogP contribution in [0.5, 0.6) is 0 Å². The summed E-state index contributed by atoms with van der Waals surface area (Å²) in [5.41, 5.74) is 10.2. The minimum Gasteiger partial charge on any atom is -0.416 e. The molecule has 2 N–H and O–H groups in total. The second kappa shape index (κ2) is 11.4. The molecule has 0 atom stereocenters. The van der Waals surface area contributed by atoms with Gasteiger partial charge in [-0.05, 0) is 47.0 Å². The first-order valence-electron chi connectivity index (χ1n) is 12.2. The second-order valence-corrected chi connectivity index (χ2v) is 15.3. The summed E-state index contributed by atoms with van der Waals surface area (Å²) in [6, 6.07) is 8.09. The fraction of sp³-hybridized carbons (Fsp3) is 0.500. The zero-order valence-electron chi connectivity index (χ0n) is 21.9. The van der Waals surface area contributed by atoms with Crippen molar-refractivity contribution in [2.75, 3.05) is 19.5 Å². The van der Waals surface area contributed by atoms with E-state index in [1.807, 2.05) is 4.57 Å². The van der Waals surface area contributed by atoms with Crippen LogP contribution in [0, 0.1) is 5.82 Å². The summed E-state index contributed by atoms with van der Waals surface area (Å²) in [6.07, 6.45) is 2.23. The number of hydrogen-bond donors (Lipinski definition) is 1. The number of halogens is 1. The Morgan fingerprint density at radius 2 is 1.60 bits per heavy atom. The molecule has 0 radical (unpaired) electrons. The summed E-state index contributed by atoms with van der Waals surface area (Å²) in [5.74, 6) is 0.686. The third-order valence-electron chi connectivity index (χ3n) is 6.72. The average Bonchev–Trinajstić information content (AvgIpc) is 3.15. The van der Waals surface area contributed by atoms with Gasteiger partial charge in [0.05, 0.1) is 17.1 Å². The first-order valence-corrected chi connectivity index (χ1v) is 14.3. The third-order valence-corrected chi connectivity index (χ3v) is 12.8. The van der Waals surface area contributed by atoms with Gasteiger partial charge in [-0.1, -0.05) is 41.5 Å². The predicted octanol–water partition coefficient (Wildman–Crippen LogP) is 6.07. The fourth-order valence-electron chi connectivity index (χ4n) is 5.35. The molecule has 0 aliphatic heterocycles. The number of aromatic nitrogens is 4. The Labute approximate surface area is 209 Å². The molecule has 190 valence electrons. The molecule has 9 heteroatoms. The average molecular weight is 500 g/mol. The van der Waals surface area contributed by atoms with Gasteiger partial charge in [0.15, 0.2) is 8.32 Å². The molecule has 2 heterocycles. The molecule has 0 aliphatic rings. The lowest BCUT2D eigenvalue weighted by molar-refractivity contribution is 0.129. The molecule has 0 fully saturated rings. The molecular formula is C26H38FN5O2Si. The quantitative estimate of drug-likeness (QED) is 0.322. The lowest BCUT2D eigenvalue weighted by Crippen LogP contribution is -2.48. The minimum absolute atomic E-state index is 0.171. The second-order valence-electron chi connectivity index (χ2n) is 9.79. The molecule has 7 nitrogen and oxygen atoms in total. The van der Waals surface area contributed by atoms with E-state index in [1.165, 1.54) is 12.1 Å². The molecule has 0 unspecified atom stereocenters. The van der Waals surface area contributed by atoms with E-state index in [-0.39, 0.29) is 18.5 Å². The Kier molecular flexibility index (Phi) is 8.79. The van der Waals surface area contributed by atoms with Gasteiger partial charge in [-0.25, -0.2) is 19.3 Å². The molecule has 0 saturated heterocycles. The maximum absolute atomic E-state index is 13.7. The Bertz CT molecular complexity index is 1090. The summed E-state index contributed by atoms with van der Waals surface area (Å²) >= 11 is 0. The standard InChI is InChI=1S/C26H38FN5O2Si/c1-17(2)35(18(3)4,19(5)6)34-15-13-23-31-24(20-8-10-21(27)11-9-20)25(32(23)16-33-7)22-12-14-29-26(28)30-22/h8-12,14,17-19H,13,15-16H2,1-7H3,(H2,28,29,30). The Balaban J connectivity index is 2.06. The minimum atomic E-state index is -2.01. The van der Waals surface area contributed by atoms with Crippen LogP contribution in [0.4, 0.5) is 10.3 Å². The Hall–Kier alpha value is -2.62. The van der Waals surface area contributed by atoms with Gasteiger partial charge >= 0.3 is 0 Å². The molecule has 0 spiro atoms. The summed E-state index contributed by atoms with van der Waals surface area (Å²) in [4.78, 5) is 13.5. The van der Waals surface area contributed by atoms with Crippen molar-refractivity contribution in [3.63, 3.8) is 0 Å². The first-order chi connectivity index (χ1) is 16.6. The highest BCUT2D eigenvalue weighted by Gasteiger charge is 2.44. The number of anilines is 1. The normalized spacial score (nSPS) is 12.3. The monoisotopic (exact) mass is 499 g/mol. The number of nitrogens with zero attached hydrogens (tertiary/aromatic N) is 4. The molecule has 0 aliphatic carbocycles. The zero-order valence-corrected chi connectivity index (χ0v) is 22.9. The number of imidazole rings is 1. The maximum atomic E-state index is 13.7. The topological polar surface area (TPSA) is 88.1 Å². The summed E-state index contributed by atoms with van der Waals surface area (Å²) in [6.45, 7) is 14.5. The molecule has 0 saturated carbocycles. The van der Waals surface area contributed by atoms with Crippen molar-refractivity contribution >= 4 is 14.3 Å². The van der Waals surface area contributed by atoms with E-state index in [1.54, 1.807) is 31.5 Å². The van der Waals surface area contributed by atoms with Crippen molar-refractivity contribution in [1.29, 1.82) is 0 Å². The molecule has 3 aromatic rings. The van der Waals surface area contributed by atoms with E-state index in [4.69, 9.17) is 19.9 Å². The van der Waals surface area contributed by atoms with E-state index < -0.39 is 8.32 Å². The molecule has 35 heavy (non-hydrogen) atoms. The highest BCUT2D eigenvalue weighted by Crippen LogP contribution is 2.42. The van der Waals surface area contributed by atoms with E-state index >= 15 is 0 Å². The van der Waals surface area contributed by atoms with Crippen LogP contribution < -0.4 is 5.73 Å². The molecule has 3 rings (SSSR count). The fourth-order valence-corrected chi connectivity index (χ4v) is 10.8. The number of hydrogen-bond acceptors (Lipinski definition) is 6. The largest absolute Gasteiger partial charge is 0.416 e. The molecule has 0 amide bonds. The van der Waals surface area contributed by atoms with E-state index in [9.17, 15) is 4.39 Å². The summed E-state index contributed by atoms with van der Waals surface area (Å²) < 4.78 is 28.0. The van der Waals surface area contributed by atoms with Gasteiger partial charge in [-0.15, -0.1) is 0 Å². The molecule has 1 aromatic carbocycles. The van der Waals surface area contributed by atoms with E-state index in [0.717, 1.165) is 17.1 Å². The van der Waals surface area contributed by atoms with Crippen LogP contribution in [0.25, 0.3) is 22.6 Å². The lowest BCUT2D eigenvalue weighted by atomic mass is 10.1. The van der Waals surface area contributed by atoms with Crippen LogP contribution in [-0.4, -0.2) is 41.6 Å². The number of nitrogens with two attached hydrogens (primary N) is 1. The zero-order chi connectivity index (χ0) is 25.8. The molecular weight excluding hydrogens is 461 g/mol. The van der Waals surface area contributed by atoms with Gasteiger partial charge in [0.2, 0.25) is 5.95 Å². The maximum Gasteiger partial charge on any atom is 0.220 e. The van der Waals surface area contributed by atoms with Crippen molar-refractivity contribution in [2.24, 2.45) is 0 Å². The number of ether oxygens (including phenoxy) is 1. The van der Waals surface area contributed by atoms with Gasteiger partial charge in [-0.2, -0.15) is 0 Å². The number of benzene rings is 1.